The normalized spacial score (nSPS) is 17.2. The minimum absolute atomic E-state index is 0.0679. The van der Waals surface area contributed by atoms with Crippen LogP contribution >= 0.6 is 0 Å². The molecule has 3 rings (SSSR count). The number of likely N-dealkylation sites (tertiary alicyclic amines) is 1. The molecule has 25 heavy (non-hydrogen) atoms. The first-order chi connectivity index (χ1) is 12.1. The van der Waals surface area contributed by atoms with Gasteiger partial charge in [0, 0.05) is 38.6 Å². The van der Waals surface area contributed by atoms with Crippen molar-refractivity contribution in [2.75, 3.05) is 32.1 Å². The molecule has 0 N–H and O–H groups in total. The monoisotopic (exact) mass is 340 g/mol. The van der Waals surface area contributed by atoms with Crippen molar-refractivity contribution in [3.63, 3.8) is 0 Å². The molecule has 1 fully saturated rings. The van der Waals surface area contributed by atoms with Crippen molar-refractivity contribution in [2.45, 2.75) is 25.9 Å². The van der Waals surface area contributed by atoms with E-state index in [1.807, 2.05) is 55.1 Å². The lowest BCUT2D eigenvalue weighted by molar-refractivity contribution is 0.0527. The molecule has 6 nitrogen and oxygen atoms in total. The van der Waals surface area contributed by atoms with Crippen LogP contribution in [0.3, 0.4) is 0 Å². The second-order valence-electron chi connectivity index (χ2n) is 6.53. The van der Waals surface area contributed by atoms with Gasteiger partial charge in [0.15, 0.2) is 5.82 Å². The van der Waals surface area contributed by atoms with Gasteiger partial charge in [-0.05, 0) is 31.4 Å². The van der Waals surface area contributed by atoms with E-state index in [0.717, 1.165) is 30.5 Å². The molecule has 1 aromatic carbocycles. The number of carbonyl (C=O) groups excluding carboxylic acids is 1. The summed E-state index contributed by atoms with van der Waals surface area (Å²) in [5, 5.41) is 0. The maximum Gasteiger partial charge on any atom is 0.257 e. The molecule has 1 unspecified atom stereocenters. The third kappa shape index (κ3) is 3.90. The molecule has 2 heterocycles. The second kappa shape index (κ2) is 7.51. The van der Waals surface area contributed by atoms with Crippen LogP contribution in [0.4, 0.5) is 5.82 Å². The highest BCUT2D eigenvalue weighted by Gasteiger charge is 2.27. The van der Waals surface area contributed by atoms with E-state index in [4.69, 9.17) is 4.74 Å². The number of aryl methyl sites for hydroxylation is 1. The first-order valence-corrected chi connectivity index (χ1v) is 8.56. The highest BCUT2D eigenvalue weighted by atomic mass is 16.5. The first kappa shape index (κ1) is 17.2. The summed E-state index contributed by atoms with van der Waals surface area (Å²) in [6.45, 7) is 3.29. The molecule has 1 aliphatic rings. The summed E-state index contributed by atoms with van der Waals surface area (Å²) >= 11 is 0. The number of amides is 1. The van der Waals surface area contributed by atoms with E-state index in [1.165, 1.54) is 0 Å². The van der Waals surface area contributed by atoms with Crippen molar-refractivity contribution in [1.82, 2.24) is 14.9 Å². The summed E-state index contributed by atoms with van der Waals surface area (Å²) < 4.78 is 6.09. The minimum Gasteiger partial charge on any atom is -0.470 e. The van der Waals surface area contributed by atoms with E-state index in [2.05, 4.69) is 9.97 Å². The Kier molecular flexibility index (Phi) is 5.16. The summed E-state index contributed by atoms with van der Waals surface area (Å²) in [5.41, 5.74) is 1.76. The van der Waals surface area contributed by atoms with Gasteiger partial charge in [0.25, 0.3) is 11.8 Å². The van der Waals surface area contributed by atoms with E-state index in [1.54, 1.807) is 12.4 Å². The first-order valence-electron chi connectivity index (χ1n) is 8.56. The van der Waals surface area contributed by atoms with Crippen LogP contribution in [0, 0.1) is 6.92 Å². The molecule has 1 aromatic heterocycles. The Morgan fingerprint density at radius 2 is 2.00 bits per heavy atom. The molecule has 0 saturated carbocycles. The van der Waals surface area contributed by atoms with Gasteiger partial charge in [-0.1, -0.05) is 18.2 Å². The molecule has 0 aliphatic carbocycles. The number of anilines is 1. The molecule has 0 radical (unpaired) electrons. The SMILES string of the molecule is Cc1ccccc1C(=O)N1CCCC(Oc2nccnc2N(C)C)C1. The fraction of sp³-hybridized carbons (Fsp3) is 0.421. The molecule has 1 saturated heterocycles. The number of carbonyl (C=O) groups is 1. The van der Waals surface area contributed by atoms with E-state index < -0.39 is 0 Å². The number of hydrogen-bond acceptors (Lipinski definition) is 5. The molecular weight excluding hydrogens is 316 g/mol. The van der Waals surface area contributed by atoms with Crippen LogP contribution in [0.1, 0.15) is 28.8 Å². The Bertz CT molecular complexity index is 748. The Labute approximate surface area is 148 Å². The lowest BCUT2D eigenvalue weighted by Gasteiger charge is -2.33. The third-order valence-corrected chi connectivity index (χ3v) is 4.39. The molecule has 1 amide bonds. The number of ether oxygens (including phenoxy) is 1. The van der Waals surface area contributed by atoms with Gasteiger partial charge < -0.3 is 14.5 Å². The maximum atomic E-state index is 12.8. The number of aromatic nitrogens is 2. The summed E-state index contributed by atoms with van der Waals surface area (Å²) in [6.07, 6.45) is 5.02. The van der Waals surface area contributed by atoms with Crippen LogP contribution in [0.2, 0.25) is 0 Å². The number of nitrogens with zero attached hydrogens (tertiary/aromatic N) is 4. The molecule has 2 aromatic rings. The highest BCUT2D eigenvalue weighted by molar-refractivity contribution is 5.95. The van der Waals surface area contributed by atoms with Gasteiger partial charge in [0.05, 0.1) is 6.54 Å². The van der Waals surface area contributed by atoms with Crippen molar-refractivity contribution in [2.24, 2.45) is 0 Å². The lowest BCUT2D eigenvalue weighted by Crippen LogP contribution is -2.44. The van der Waals surface area contributed by atoms with Gasteiger partial charge >= 0.3 is 0 Å². The predicted octanol–water partition coefficient (Wildman–Crippen LogP) is 2.53. The summed E-state index contributed by atoms with van der Waals surface area (Å²) in [7, 11) is 3.82. The van der Waals surface area contributed by atoms with Crippen molar-refractivity contribution in [1.29, 1.82) is 0 Å². The van der Waals surface area contributed by atoms with E-state index >= 15 is 0 Å². The largest absolute Gasteiger partial charge is 0.470 e. The lowest BCUT2D eigenvalue weighted by atomic mass is 10.0. The molecule has 6 heteroatoms. The zero-order valence-corrected chi connectivity index (χ0v) is 15.0. The van der Waals surface area contributed by atoms with Crippen molar-refractivity contribution < 1.29 is 9.53 Å². The van der Waals surface area contributed by atoms with Crippen molar-refractivity contribution in [3.8, 4) is 5.88 Å². The Morgan fingerprint density at radius 1 is 1.24 bits per heavy atom. The van der Waals surface area contributed by atoms with Crippen LogP contribution in [0.25, 0.3) is 0 Å². The minimum atomic E-state index is -0.0721. The number of hydrogen-bond donors (Lipinski definition) is 0. The maximum absolute atomic E-state index is 12.8. The fourth-order valence-corrected chi connectivity index (χ4v) is 3.07. The zero-order valence-electron chi connectivity index (χ0n) is 15.0. The van der Waals surface area contributed by atoms with Crippen molar-refractivity contribution >= 4 is 11.7 Å². The van der Waals surface area contributed by atoms with Crippen LogP contribution in [-0.4, -0.2) is 54.1 Å². The summed E-state index contributed by atoms with van der Waals surface area (Å²) in [5.74, 6) is 1.28. The number of piperidine rings is 1. The van der Waals surface area contributed by atoms with Gasteiger partial charge in [-0.3, -0.25) is 4.79 Å². The van der Waals surface area contributed by atoms with Crippen LogP contribution in [0.15, 0.2) is 36.7 Å². The predicted molar refractivity (Wildman–Crippen MR) is 97.1 cm³/mol. The molecule has 1 aliphatic heterocycles. The average molecular weight is 340 g/mol. The standard InChI is InChI=1S/C19H24N4O2/c1-14-7-4-5-9-16(14)19(24)23-12-6-8-15(13-23)25-18-17(22(2)3)20-10-11-21-18/h4-5,7,9-11,15H,6,8,12-13H2,1-3H3. The third-order valence-electron chi connectivity index (χ3n) is 4.39. The number of rotatable bonds is 4. The molecular formula is C19H24N4O2. The van der Waals surface area contributed by atoms with Crippen molar-refractivity contribution in [3.05, 3.63) is 47.8 Å². The second-order valence-corrected chi connectivity index (χ2v) is 6.53. The van der Waals surface area contributed by atoms with Gasteiger partial charge in [-0.2, -0.15) is 0 Å². The fourth-order valence-electron chi connectivity index (χ4n) is 3.07. The summed E-state index contributed by atoms with van der Waals surface area (Å²) in [4.78, 5) is 25.2. The Morgan fingerprint density at radius 3 is 2.76 bits per heavy atom. The molecule has 0 bridgehead atoms. The molecule has 132 valence electrons. The number of benzene rings is 1. The molecule has 1 atom stereocenters. The van der Waals surface area contributed by atoms with Crippen LogP contribution in [-0.2, 0) is 0 Å². The molecule has 0 spiro atoms. The topological polar surface area (TPSA) is 58.6 Å². The van der Waals surface area contributed by atoms with Gasteiger partial charge in [-0.25, -0.2) is 9.97 Å². The zero-order chi connectivity index (χ0) is 17.8. The van der Waals surface area contributed by atoms with E-state index in [9.17, 15) is 4.79 Å². The van der Waals surface area contributed by atoms with Gasteiger partial charge in [0.1, 0.15) is 6.10 Å². The Hall–Kier alpha value is -2.63. The smallest absolute Gasteiger partial charge is 0.257 e. The van der Waals surface area contributed by atoms with Crippen LogP contribution < -0.4 is 9.64 Å². The van der Waals surface area contributed by atoms with E-state index in [-0.39, 0.29) is 12.0 Å². The quantitative estimate of drug-likeness (QED) is 0.856. The average Bonchev–Trinajstić information content (AvgIpc) is 2.62. The highest BCUT2D eigenvalue weighted by Crippen LogP contribution is 2.25. The van der Waals surface area contributed by atoms with Crippen LogP contribution in [0.5, 0.6) is 5.88 Å². The van der Waals surface area contributed by atoms with E-state index in [0.29, 0.717) is 18.2 Å². The Balaban J connectivity index is 1.72. The van der Waals surface area contributed by atoms with Gasteiger partial charge in [0.2, 0.25) is 0 Å². The van der Waals surface area contributed by atoms with Gasteiger partial charge in [-0.15, -0.1) is 0 Å². The summed E-state index contributed by atoms with van der Waals surface area (Å²) in [6, 6.07) is 7.70.